The van der Waals surface area contributed by atoms with E-state index < -0.39 is 0 Å². The molecule has 3 heteroatoms. The van der Waals surface area contributed by atoms with E-state index in [-0.39, 0.29) is 11.5 Å². The van der Waals surface area contributed by atoms with E-state index in [2.05, 4.69) is 11.1 Å². The van der Waals surface area contributed by atoms with E-state index in [1.54, 1.807) is 6.07 Å². The molecule has 1 aliphatic heterocycles. The minimum Gasteiger partial charge on any atom is -0.504 e. The van der Waals surface area contributed by atoms with E-state index in [0.717, 1.165) is 28.3 Å². The van der Waals surface area contributed by atoms with Crippen molar-refractivity contribution in [2.45, 2.75) is 6.42 Å². The predicted octanol–water partition coefficient (Wildman–Crippen LogP) is 3.66. The average molecular weight is 249 g/mol. The fraction of sp³-hybridized carbons (Fsp3) is 0.0625. The van der Waals surface area contributed by atoms with Crippen molar-refractivity contribution in [3.63, 3.8) is 0 Å². The maximum Gasteiger partial charge on any atom is 0.166 e. The number of benzene rings is 3. The average Bonchev–Trinajstić information content (AvgIpc) is 2.43. The van der Waals surface area contributed by atoms with Gasteiger partial charge in [0.05, 0.1) is 5.69 Å². The number of hydrogen-bond acceptors (Lipinski definition) is 3. The van der Waals surface area contributed by atoms with Crippen LogP contribution in [0.15, 0.2) is 41.4 Å². The van der Waals surface area contributed by atoms with Crippen LogP contribution in [0.5, 0.6) is 11.5 Å². The topological polar surface area (TPSA) is 52.8 Å². The van der Waals surface area contributed by atoms with Crippen molar-refractivity contribution in [1.29, 1.82) is 0 Å². The molecule has 0 spiro atoms. The van der Waals surface area contributed by atoms with Crippen LogP contribution in [0.2, 0.25) is 0 Å². The summed E-state index contributed by atoms with van der Waals surface area (Å²) < 4.78 is 0. The molecule has 1 aliphatic rings. The van der Waals surface area contributed by atoms with E-state index in [9.17, 15) is 10.2 Å². The van der Waals surface area contributed by atoms with Crippen molar-refractivity contribution in [2.75, 3.05) is 0 Å². The summed E-state index contributed by atoms with van der Waals surface area (Å²) in [4.78, 5) is 4.44. The van der Waals surface area contributed by atoms with Crippen LogP contribution >= 0.6 is 0 Å². The van der Waals surface area contributed by atoms with Gasteiger partial charge >= 0.3 is 0 Å². The Balaban J connectivity index is 2.34. The molecular weight excluding hydrogens is 238 g/mol. The number of fused-ring (bicyclic) bond motifs is 2. The van der Waals surface area contributed by atoms with Gasteiger partial charge in [-0.15, -0.1) is 0 Å². The van der Waals surface area contributed by atoms with Gasteiger partial charge in [0.25, 0.3) is 0 Å². The van der Waals surface area contributed by atoms with Crippen LogP contribution < -0.4 is 0 Å². The lowest BCUT2D eigenvalue weighted by atomic mass is 9.93. The molecule has 92 valence electrons. The van der Waals surface area contributed by atoms with Gasteiger partial charge in [0.2, 0.25) is 0 Å². The molecule has 0 unspecified atom stereocenters. The van der Waals surface area contributed by atoms with Gasteiger partial charge in [-0.1, -0.05) is 24.3 Å². The lowest BCUT2D eigenvalue weighted by Gasteiger charge is -2.15. The van der Waals surface area contributed by atoms with E-state index in [1.165, 1.54) is 11.6 Å². The zero-order valence-corrected chi connectivity index (χ0v) is 10.1. The third-order valence-corrected chi connectivity index (χ3v) is 3.70. The van der Waals surface area contributed by atoms with Gasteiger partial charge in [-0.3, -0.25) is 4.99 Å². The zero-order chi connectivity index (χ0) is 13.0. The smallest absolute Gasteiger partial charge is 0.166 e. The van der Waals surface area contributed by atoms with Gasteiger partial charge in [0.1, 0.15) is 0 Å². The van der Waals surface area contributed by atoms with Crippen molar-refractivity contribution in [1.82, 2.24) is 0 Å². The standard InChI is InChI=1S/C16H11NO2/c18-13-5-4-10-8-12-14-9(6-7-17-12)2-1-3-11(14)15(10)16(13)19/h1-5,7-8,18-19H,6H2. The van der Waals surface area contributed by atoms with Crippen LogP contribution in [-0.2, 0) is 6.42 Å². The van der Waals surface area contributed by atoms with Gasteiger partial charge in [0, 0.05) is 23.4 Å². The number of nitrogens with zero attached hydrogens (tertiary/aromatic N) is 1. The first kappa shape index (κ1) is 10.4. The highest BCUT2D eigenvalue weighted by molar-refractivity contribution is 6.17. The summed E-state index contributed by atoms with van der Waals surface area (Å²) in [5, 5.41) is 23.4. The summed E-state index contributed by atoms with van der Waals surface area (Å²) in [6, 6.07) is 11.3. The number of phenolic OH excluding ortho intramolecular Hbond substituents is 2. The second-order valence-corrected chi connectivity index (χ2v) is 4.78. The number of hydrogen-bond donors (Lipinski definition) is 2. The lowest BCUT2D eigenvalue weighted by molar-refractivity contribution is 0.408. The molecule has 0 saturated heterocycles. The van der Waals surface area contributed by atoms with Crippen LogP contribution in [0.25, 0.3) is 21.5 Å². The third-order valence-electron chi connectivity index (χ3n) is 3.70. The molecule has 19 heavy (non-hydrogen) atoms. The summed E-state index contributed by atoms with van der Waals surface area (Å²) in [7, 11) is 0. The number of rotatable bonds is 0. The first-order chi connectivity index (χ1) is 9.25. The van der Waals surface area contributed by atoms with Gasteiger partial charge in [-0.2, -0.15) is 0 Å². The van der Waals surface area contributed by atoms with Gasteiger partial charge in [-0.25, -0.2) is 0 Å². The molecular formula is C16H11NO2. The summed E-state index contributed by atoms with van der Waals surface area (Å²) >= 11 is 0. The molecule has 3 aromatic carbocycles. The second kappa shape index (κ2) is 3.48. The van der Waals surface area contributed by atoms with Crippen LogP contribution in [-0.4, -0.2) is 16.4 Å². The third kappa shape index (κ3) is 1.30. The molecule has 0 atom stereocenters. The lowest BCUT2D eigenvalue weighted by Crippen LogP contribution is -1.94. The molecule has 0 fully saturated rings. The quantitative estimate of drug-likeness (QED) is 0.472. The Bertz CT molecular complexity index is 866. The Morgan fingerprint density at radius 2 is 1.89 bits per heavy atom. The highest BCUT2D eigenvalue weighted by Crippen LogP contribution is 2.43. The molecule has 0 radical (unpaired) electrons. The molecule has 0 aromatic heterocycles. The van der Waals surface area contributed by atoms with Crippen molar-refractivity contribution in [3.8, 4) is 11.5 Å². The molecule has 0 aliphatic carbocycles. The fourth-order valence-electron chi connectivity index (χ4n) is 2.84. The normalized spacial score (nSPS) is 13.3. The molecule has 3 aromatic rings. The van der Waals surface area contributed by atoms with E-state index in [4.69, 9.17) is 0 Å². The zero-order valence-electron chi connectivity index (χ0n) is 10.1. The summed E-state index contributed by atoms with van der Waals surface area (Å²) in [6.07, 6.45) is 2.71. The van der Waals surface area contributed by atoms with Crippen LogP contribution in [0, 0.1) is 0 Å². The maximum atomic E-state index is 10.1. The Morgan fingerprint density at radius 1 is 1.00 bits per heavy atom. The van der Waals surface area contributed by atoms with Crippen LogP contribution in [0.1, 0.15) is 5.56 Å². The monoisotopic (exact) mass is 249 g/mol. The first-order valence-electron chi connectivity index (χ1n) is 6.17. The van der Waals surface area contributed by atoms with Crippen molar-refractivity contribution >= 4 is 33.4 Å². The maximum absolute atomic E-state index is 10.1. The molecule has 4 rings (SSSR count). The molecule has 1 heterocycles. The summed E-state index contributed by atoms with van der Waals surface area (Å²) in [5.74, 6) is -0.150. The van der Waals surface area contributed by atoms with E-state index >= 15 is 0 Å². The SMILES string of the molecule is Oc1ccc2cc3c4c(cccc4c2c1O)CC=N3. The van der Waals surface area contributed by atoms with Gasteiger partial charge < -0.3 is 10.2 Å². The van der Waals surface area contributed by atoms with E-state index in [0.29, 0.717) is 5.39 Å². The molecule has 0 bridgehead atoms. The fourth-order valence-corrected chi connectivity index (χ4v) is 2.84. The number of aromatic hydroxyl groups is 2. The predicted molar refractivity (Wildman–Crippen MR) is 76.6 cm³/mol. The highest BCUT2D eigenvalue weighted by Gasteiger charge is 2.15. The van der Waals surface area contributed by atoms with Crippen molar-refractivity contribution in [2.24, 2.45) is 4.99 Å². The van der Waals surface area contributed by atoms with Gasteiger partial charge in [0.15, 0.2) is 11.5 Å². The van der Waals surface area contributed by atoms with E-state index in [1.807, 2.05) is 24.4 Å². The number of aliphatic imine (C=N–C) groups is 1. The summed E-state index contributed by atoms with van der Waals surface area (Å²) in [5.41, 5.74) is 2.13. The van der Waals surface area contributed by atoms with Crippen LogP contribution in [0.3, 0.4) is 0 Å². The second-order valence-electron chi connectivity index (χ2n) is 4.78. The van der Waals surface area contributed by atoms with Crippen LogP contribution in [0.4, 0.5) is 5.69 Å². The Labute approximate surface area is 109 Å². The van der Waals surface area contributed by atoms with Crippen molar-refractivity contribution < 1.29 is 10.2 Å². The highest BCUT2D eigenvalue weighted by atomic mass is 16.3. The largest absolute Gasteiger partial charge is 0.504 e. The molecule has 0 saturated carbocycles. The first-order valence-corrected chi connectivity index (χ1v) is 6.17. The molecule has 2 N–H and O–H groups in total. The Hall–Kier alpha value is -2.55. The minimum atomic E-state index is -0.0903. The number of phenols is 2. The molecule has 0 amide bonds. The summed E-state index contributed by atoms with van der Waals surface area (Å²) in [6.45, 7) is 0. The van der Waals surface area contributed by atoms with Crippen molar-refractivity contribution in [3.05, 3.63) is 42.0 Å². The minimum absolute atomic E-state index is 0.0595. The Kier molecular flexibility index (Phi) is 1.90. The van der Waals surface area contributed by atoms with Gasteiger partial charge in [-0.05, 0) is 28.5 Å². The Morgan fingerprint density at radius 3 is 2.79 bits per heavy atom. The molecule has 3 nitrogen and oxygen atoms in total.